The molecule has 0 bridgehead atoms. The molecule has 0 spiro atoms. The highest BCUT2D eigenvalue weighted by atomic mass is 32.3. The quantitative estimate of drug-likeness (QED) is 0.505. The van der Waals surface area contributed by atoms with E-state index in [0.717, 1.165) is 13.1 Å². The lowest BCUT2D eigenvalue weighted by atomic mass is 10.3. The highest BCUT2D eigenvalue weighted by Crippen LogP contribution is 2.26. The third kappa shape index (κ3) is 4.24. The maximum Gasteiger partial charge on any atom is 0.0840 e. The van der Waals surface area contributed by atoms with E-state index < -0.39 is 10.8 Å². The Kier molecular flexibility index (Phi) is 3.76. The van der Waals surface area contributed by atoms with Crippen LogP contribution in [0.15, 0.2) is 0 Å². The Morgan fingerprint density at radius 3 is 2.92 bits per heavy atom. The van der Waals surface area contributed by atoms with Crippen LogP contribution in [-0.2, 0) is 4.74 Å². The SMILES string of the molecule is CS(O)(O)NCC1CNCCO1. The van der Waals surface area contributed by atoms with Crippen LogP contribution in [0.1, 0.15) is 0 Å². The number of ether oxygens (including phenoxy) is 1. The van der Waals surface area contributed by atoms with Crippen molar-refractivity contribution >= 4 is 10.8 Å². The van der Waals surface area contributed by atoms with Crippen LogP contribution in [0.4, 0.5) is 0 Å². The van der Waals surface area contributed by atoms with Crippen molar-refractivity contribution in [2.75, 3.05) is 32.5 Å². The standard InChI is InChI=1S/C6H16N2O3S/c1-12(9,10)8-5-6-4-7-2-3-11-6/h6-10H,2-5H2,1H3. The average molecular weight is 196 g/mol. The van der Waals surface area contributed by atoms with Gasteiger partial charge in [0.05, 0.1) is 12.7 Å². The predicted molar refractivity (Wildman–Crippen MR) is 49.4 cm³/mol. The molecule has 1 aliphatic rings. The van der Waals surface area contributed by atoms with Crippen LogP contribution < -0.4 is 10.0 Å². The topological polar surface area (TPSA) is 73.8 Å². The molecule has 0 saturated carbocycles. The Bertz CT molecular complexity index is 133. The van der Waals surface area contributed by atoms with Crippen LogP contribution >= 0.6 is 10.8 Å². The number of rotatable bonds is 3. The summed E-state index contributed by atoms with van der Waals surface area (Å²) in [5.74, 6) is 0. The van der Waals surface area contributed by atoms with E-state index in [2.05, 4.69) is 10.0 Å². The van der Waals surface area contributed by atoms with Crippen LogP contribution in [0.25, 0.3) is 0 Å². The second-order valence-corrected chi connectivity index (χ2v) is 4.83. The van der Waals surface area contributed by atoms with Crippen molar-refractivity contribution in [3.05, 3.63) is 0 Å². The summed E-state index contributed by atoms with van der Waals surface area (Å²) in [6.45, 7) is 2.81. The highest BCUT2D eigenvalue weighted by Gasteiger charge is 2.14. The van der Waals surface area contributed by atoms with Gasteiger partial charge in [-0.2, -0.15) is 0 Å². The van der Waals surface area contributed by atoms with Crippen molar-refractivity contribution < 1.29 is 13.8 Å². The average Bonchev–Trinajstić information content (AvgIpc) is 2.02. The van der Waals surface area contributed by atoms with Crippen LogP contribution in [0, 0.1) is 0 Å². The first-order valence-electron chi connectivity index (χ1n) is 3.88. The molecule has 1 unspecified atom stereocenters. The maximum absolute atomic E-state index is 9.00. The Hall–Kier alpha value is 0.150. The van der Waals surface area contributed by atoms with E-state index in [4.69, 9.17) is 13.8 Å². The van der Waals surface area contributed by atoms with Crippen LogP contribution in [-0.4, -0.2) is 47.7 Å². The minimum absolute atomic E-state index is 0.0462. The summed E-state index contributed by atoms with van der Waals surface area (Å²) in [5.41, 5.74) is 0. The van der Waals surface area contributed by atoms with E-state index in [9.17, 15) is 0 Å². The van der Waals surface area contributed by atoms with Gasteiger partial charge in [-0.3, -0.25) is 9.11 Å². The van der Waals surface area contributed by atoms with Gasteiger partial charge in [0.1, 0.15) is 0 Å². The van der Waals surface area contributed by atoms with Crippen molar-refractivity contribution in [3.63, 3.8) is 0 Å². The lowest BCUT2D eigenvalue weighted by Gasteiger charge is -2.31. The molecular formula is C6H16N2O3S. The van der Waals surface area contributed by atoms with Gasteiger partial charge in [0.25, 0.3) is 0 Å². The molecule has 0 aromatic carbocycles. The van der Waals surface area contributed by atoms with Crippen molar-refractivity contribution in [1.29, 1.82) is 0 Å². The fraction of sp³-hybridized carbons (Fsp3) is 1.00. The second kappa shape index (κ2) is 4.40. The Morgan fingerprint density at radius 2 is 2.42 bits per heavy atom. The van der Waals surface area contributed by atoms with Crippen molar-refractivity contribution in [2.45, 2.75) is 6.10 Å². The molecule has 1 heterocycles. The Balaban J connectivity index is 2.13. The molecule has 1 saturated heterocycles. The van der Waals surface area contributed by atoms with Gasteiger partial charge in [-0.25, -0.2) is 4.72 Å². The summed E-state index contributed by atoms with van der Waals surface area (Å²) in [4.78, 5) is 0. The first-order valence-corrected chi connectivity index (χ1v) is 5.83. The molecule has 0 aromatic heterocycles. The number of morpholine rings is 1. The molecule has 0 aliphatic carbocycles. The molecular weight excluding hydrogens is 180 g/mol. The van der Waals surface area contributed by atoms with Crippen LogP contribution in [0.2, 0.25) is 0 Å². The zero-order valence-electron chi connectivity index (χ0n) is 7.12. The number of nitrogens with one attached hydrogen (secondary N) is 2. The van der Waals surface area contributed by atoms with E-state index in [-0.39, 0.29) is 6.10 Å². The normalized spacial score (nSPS) is 27.1. The first kappa shape index (κ1) is 10.2. The Morgan fingerprint density at radius 1 is 1.67 bits per heavy atom. The van der Waals surface area contributed by atoms with Crippen LogP contribution in [0.3, 0.4) is 0 Å². The Labute approximate surface area is 74.0 Å². The van der Waals surface area contributed by atoms with Gasteiger partial charge >= 0.3 is 0 Å². The molecule has 12 heavy (non-hydrogen) atoms. The minimum Gasteiger partial charge on any atom is -0.374 e. The van der Waals surface area contributed by atoms with Gasteiger partial charge in [-0.05, 0) is 0 Å². The summed E-state index contributed by atoms with van der Waals surface area (Å²) in [7, 11) is -2.58. The molecule has 74 valence electrons. The molecule has 1 fully saturated rings. The molecule has 0 aromatic rings. The third-order valence-corrected chi connectivity index (χ3v) is 2.30. The fourth-order valence-electron chi connectivity index (χ4n) is 1.00. The molecule has 0 radical (unpaired) electrons. The van der Waals surface area contributed by atoms with E-state index in [1.165, 1.54) is 6.26 Å². The number of hydrogen-bond acceptors (Lipinski definition) is 5. The molecule has 1 atom stereocenters. The second-order valence-electron chi connectivity index (χ2n) is 2.88. The summed E-state index contributed by atoms with van der Waals surface area (Å²) >= 11 is 0. The zero-order valence-corrected chi connectivity index (χ0v) is 7.93. The van der Waals surface area contributed by atoms with E-state index in [0.29, 0.717) is 13.2 Å². The molecule has 5 nitrogen and oxygen atoms in total. The third-order valence-electron chi connectivity index (χ3n) is 1.59. The lowest BCUT2D eigenvalue weighted by molar-refractivity contribution is 0.0320. The van der Waals surface area contributed by atoms with E-state index >= 15 is 0 Å². The lowest BCUT2D eigenvalue weighted by Crippen LogP contribution is -2.44. The zero-order chi connectivity index (χ0) is 9.03. The molecule has 4 N–H and O–H groups in total. The monoisotopic (exact) mass is 196 g/mol. The molecule has 1 aliphatic heterocycles. The number of hydrogen-bond donors (Lipinski definition) is 4. The van der Waals surface area contributed by atoms with Gasteiger partial charge in [0.2, 0.25) is 0 Å². The summed E-state index contributed by atoms with van der Waals surface area (Å²) < 4.78 is 26.0. The smallest absolute Gasteiger partial charge is 0.0840 e. The van der Waals surface area contributed by atoms with Gasteiger partial charge in [-0.15, -0.1) is 10.8 Å². The first-order chi connectivity index (χ1) is 5.58. The minimum atomic E-state index is -2.58. The van der Waals surface area contributed by atoms with Gasteiger partial charge < -0.3 is 10.1 Å². The van der Waals surface area contributed by atoms with Crippen molar-refractivity contribution in [1.82, 2.24) is 10.0 Å². The van der Waals surface area contributed by atoms with Gasteiger partial charge in [0.15, 0.2) is 0 Å². The molecule has 0 amide bonds. The summed E-state index contributed by atoms with van der Waals surface area (Å²) in [6.07, 6.45) is 1.41. The summed E-state index contributed by atoms with van der Waals surface area (Å²) in [5, 5.41) is 3.15. The highest BCUT2D eigenvalue weighted by molar-refractivity contribution is 8.22. The maximum atomic E-state index is 9.00. The van der Waals surface area contributed by atoms with Crippen LogP contribution in [0.5, 0.6) is 0 Å². The van der Waals surface area contributed by atoms with E-state index in [1.807, 2.05) is 0 Å². The predicted octanol–water partition coefficient (Wildman–Crippen LogP) is -0.140. The molecule has 1 rings (SSSR count). The fourth-order valence-corrected chi connectivity index (χ4v) is 1.50. The van der Waals surface area contributed by atoms with Crippen molar-refractivity contribution in [2.24, 2.45) is 0 Å². The largest absolute Gasteiger partial charge is 0.374 e. The molecule has 6 heteroatoms. The van der Waals surface area contributed by atoms with Gasteiger partial charge in [0, 0.05) is 25.9 Å². The summed E-state index contributed by atoms with van der Waals surface area (Å²) in [6, 6.07) is 0. The van der Waals surface area contributed by atoms with Gasteiger partial charge in [-0.1, -0.05) is 0 Å². The van der Waals surface area contributed by atoms with E-state index in [1.54, 1.807) is 0 Å². The van der Waals surface area contributed by atoms with Crippen molar-refractivity contribution in [3.8, 4) is 0 Å².